The summed E-state index contributed by atoms with van der Waals surface area (Å²) in [6.07, 6.45) is 1.31. The first-order valence-corrected chi connectivity index (χ1v) is 6.61. The maximum absolute atomic E-state index is 12.0. The molecule has 0 saturated carbocycles. The summed E-state index contributed by atoms with van der Waals surface area (Å²) in [5, 5.41) is 19.0. The van der Waals surface area contributed by atoms with Crippen LogP contribution >= 0.6 is 0 Å². The van der Waals surface area contributed by atoms with Crippen molar-refractivity contribution in [2.75, 3.05) is 6.61 Å². The smallest absolute Gasteiger partial charge is 0.352 e. The van der Waals surface area contributed by atoms with E-state index < -0.39 is 18.0 Å². The van der Waals surface area contributed by atoms with Gasteiger partial charge in [-0.2, -0.15) is 0 Å². The first-order valence-electron chi connectivity index (χ1n) is 6.61. The number of carbonyl (C=O) groups excluding carboxylic acids is 1. The number of aliphatic carboxylic acids is 1. The average molecular weight is 267 g/mol. The minimum atomic E-state index is -1.08. The Balaban J connectivity index is 1.91. The number of carboxylic acid groups (broad SMARTS) is 1. The lowest BCUT2D eigenvalue weighted by Gasteiger charge is -2.44. The number of carboxylic acids is 1. The van der Waals surface area contributed by atoms with Crippen LogP contribution in [0.3, 0.4) is 0 Å². The number of hydrogen-bond acceptors (Lipinski definition) is 4. The van der Waals surface area contributed by atoms with Crippen molar-refractivity contribution in [3.05, 3.63) is 11.3 Å². The van der Waals surface area contributed by atoms with Crippen LogP contribution in [0.1, 0.15) is 26.2 Å². The zero-order chi connectivity index (χ0) is 13.7. The second-order valence-electron chi connectivity index (χ2n) is 5.43. The van der Waals surface area contributed by atoms with Crippen molar-refractivity contribution < 1.29 is 24.5 Å². The van der Waals surface area contributed by atoms with Crippen LogP contribution in [0.15, 0.2) is 11.3 Å². The van der Waals surface area contributed by atoms with Crippen LogP contribution in [-0.4, -0.2) is 51.8 Å². The van der Waals surface area contributed by atoms with E-state index in [1.807, 2.05) is 0 Å². The largest absolute Gasteiger partial charge is 0.477 e. The molecule has 2 fully saturated rings. The van der Waals surface area contributed by atoms with Crippen molar-refractivity contribution in [2.45, 2.75) is 44.4 Å². The Hall–Kier alpha value is -1.40. The highest BCUT2D eigenvalue weighted by Crippen LogP contribution is 2.46. The number of carbonyl (C=O) groups is 2. The highest BCUT2D eigenvalue weighted by Gasteiger charge is 2.57. The van der Waals surface area contributed by atoms with E-state index in [0.717, 1.165) is 12.8 Å². The van der Waals surface area contributed by atoms with Gasteiger partial charge in [0.2, 0.25) is 5.91 Å². The Labute approximate surface area is 110 Å². The van der Waals surface area contributed by atoms with Gasteiger partial charge in [0.1, 0.15) is 5.70 Å². The van der Waals surface area contributed by atoms with Crippen LogP contribution in [0.2, 0.25) is 0 Å². The molecule has 0 aliphatic carbocycles. The van der Waals surface area contributed by atoms with E-state index in [0.29, 0.717) is 18.6 Å². The van der Waals surface area contributed by atoms with E-state index in [1.54, 1.807) is 6.92 Å². The number of hydrogen-bond donors (Lipinski definition) is 2. The molecular formula is C13H17NO5. The first-order chi connectivity index (χ1) is 9.02. The first kappa shape index (κ1) is 12.6. The van der Waals surface area contributed by atoms with Gasteiger partial charge in [0.15, 0.2) is 0 Å². The van der Waals surface area contributed by atoms with Gasteiger partial charge in [-0.3, -0.25) is 4.79 Å². The molecule has 3 heterocycles. The van der Waals surface area contributed by atoms with Crippen LogP contribution in [0.4, 0.5) is 0 Å². The topological polar surface area (TPSA) is 87.1 Å². The average Bonchev–Trinajstić information content (AvgIpc) is 2.92. The number of nitrogens with zero attached hydrogens (tertiary/aromatic N) is 1. The SMILES string of the molecule is C[C@@H](O)[C@H]1C(=O)N2C(C(=O)O)=C([C@H]3CCCO3)C[C@H]12. The zero-order valence-electron chi connectivity index (χ0n) is 10.7. The summed E-state index contributed by atoms with van der Waals surface area (Å²) in [6, 6.07) is -0.210. The second kappa shape index (κ2) is 4.31. The third-order valence-electron chi connectivity index (χ3n) is 4.28. The summed E-state index contributed by atoms with van der Waals surface area (Å²) < 4.78 is 5.55. The second-order valence-corrected chi connectivity index (χ2v) is 5.43. The number of fused-ring (bicyclic) bond motifs is 1. The molecule has 3 rings (SSSR count). The summed E-state index contributed by atoms with van der Waals surface area (Å²) >= 11 is 0. The Morgan fingerprint density at radius 2 is 2.26 bits per heavy atom. The maximum Gasteiger partial charge on any atom is 0.352 e. The Morgan fingerprint density at radius 3 is 2.79 bits per heavy atom. The lowest BCUT2D eigenvalue weighted by Crippen LogP contribution is -2.61. The van der Waals surface area contributed by atoms with Crippen molar-refractivity contribution in [2.24, 2.45) is 5.92 Å². The van der Waals surface area contributed by atoms with Crippen molar-refractivity contribution in [1.29, 1.82) is 0 Å². The monoisotopic (exact) mass is 267 g/mol. The normalized spacial score (nSPS) is 35.4. The minimum Gasteiger partial charge on any atom is -0.477 e. The lowest BCUT2D eigenvalue weighted by atomic mass is 9.82. The van der Waals surface area contributed by atoms with E-state index >= 15 is 0 Å². The fourth-order valence-electron chi connectivity index (χ4n) is 3.44. The highest BCUT2D eigenvalue weighted by molar-refractivity contribution is 5.99. The molecule has 104 valence electrons. The summed E-state index contributed by atoms with van der Waals surface area (Å²) in [4.78, 5) is 24.7. The summed E-state index contributed by atoms with van der Waals surface area (Å²) in [5.74, 6) is -1.84. The van der Waals surface area contributed by atoms with Crippen molar-refractivity contribution >= 4 is 11.9 Å². The molecule has 3 aliphatic heterocycles. The van der Waals surface area contributed by atoms with Gasteiger partial charge in [0.05, 0.1) is 24.2 Å². The summed E-state index contributed by atoms with van der Waals surface area (Å²) in [5.41, 5.74) is 0.797. The lowest BCUT2D eigenvalue weighted by molar-refractivity contribution is -0.161. The van der Waals surface area contributed by atoms with Gasteiger partial charge in [0.25, 0.3) is 0 Å². The Bertz CT molecular complexity index is 464. The molecule has 2 saturated heterocycles. The van der Waals surface area contributed by atoms with E-state index in [4.69, 9.17) is 4.74 Å². The van der Waals surface area contributed by atoms with Gasteiger partial charge >= 0.3 is 5.97 Å². The van der Waals surface area contributed by atoms with Gasteiger partial charge in [-0.1, -0.05) is 0 Å². The molecule has 3 aliphatic rings. The number of ether oxygens (including phenoxy) is 1. The molecule has 4 atom stereocenters. The van der Waals surface area contributed by atoms with Crippen molar-refractivity contribution in [3.8, 4) is 0 Å². The molecule has 6 nitrogen and oxygen atoms in total. The summed E-state index contributed by atoms with van der Waals surface area (Å²) in [6.45, 7) is 2.21. The van der Waals surface area contributed by atoms with Gasteiger partial charge < -0.3 is 19.8 Å². The number of aliphatic hydroxyl groups excluding tert-OH is 1. The van der Waals surface area contributed by atoms with E-state index in [9.17, 15) is 19.8 Å². The molecule has 0 aromatic heterocycles. The standard InChI is InChI=1S/C13H17NO5/c1-6(15)10-8-5-7(9-3-2-4-19-9)11(13(17)18)14(8)12(10)16/h6,8-10,15H,2-5H2,1H3,(H,17,18)/t6-,8-,9-,10-/m1/s1. The predicted molar refractivity (Wildman–Crippen MR) is 64.1 cm³/mol. The molecule has 0 aromatic rings. The maximum atomic E-state index is 12.0. The van der Waals surface area contributed by atoms with Crippen LogP contribution < -0.4 is 0 Å². The molecule has 0 spiro atoms. The van der Waals surface area contributed by atoms with Crippen LogP contribution in [0.5, 0.6) is 0 Å². The molecule has 0 radical (unpaired) electrons. The Morgan fingerprint density at radius 1 is 1.53 bits per heavy atom. The molecule has 6 heteroatoms. The number of aliphatic hydroxyl groups is 1. The zero-order valence-corrected chi connectivity index (χ0v) is 10.7. The van der Waals surface area contributed by atoms with E-state index in [-0.39, 0.29) is 23.8 Å². The molecule has 1 amide bonds. The molecule has 0 unspecified atom stereocenters. The third kappa shape index (κ3) is 1.70. The summed E-state index contributed by atoms with van der Waals surface area (Å²) in [7, 11) is 0. The fraction of sp³-hybridized carbons (Fsp3) is 0.692. The Kier molecular flexibility index (Phi) is 2.87. The van der Waals surface area contributed by atoms with Gasteiger partial charge in [0, 0.05) is 6.61 Å². The van der Waals surface area contributed by atoms with E-state index in [1.165, 1.54) is 4.90 Å². The number of β-lactam (4-membered cyclic amide) rings is 1. The number of amides is 1. The van der Waals surface area contributed by atoms with Gasteiger partial charge in [-0.25, -0.2) is 4.79 Å². The fourth-order valence-corrected chi connectivity index (χ4v) is 3.44. The number of rotatable bonds is 3. The minimum absolute atomic E-state index is 0.0822. The van der Waals surface area contributed by atoms with Gasteiger partial charge in [-0.05, 0) is 31.8 Å². The molecular weight excluding hydrogens is 250 g/mol. The van der Waals surface area contributed by atoms with Crippen molar-refractivity contribution in [3.63, 3.8) is 0 Å². The van der Waals surface area contributed by atoms with Crippen LogP contribution in [0.25, 0.3) is 0 Å². The van der Waals surface area contributed by atoms with Gasteiger partial charge in [-0.15, -0.1) is 0 Å². The van der Waals surface area contributed by atoms with Crippen LogP contribution in [-0.2, 0) is 14.3 Å². The van der Waals surface area contributed by atoms with Crippen LogP contribution in [0, 0.1) is 5.92 Å². The molecule has 19 heavy (non-hydrogen) atoms. The molecule has 2 N–H and O–H groups in total. The van der Waals surface area contributed by atoms with Crippen molar-refractivity contribution in [1.82, 2.24) is 4.90 Å². The molecule has 0 aromatic carbocycles. The van der Waals surface area contributed by atoms with E-state index in [2.05, 4.69) is 0 Å². The quantitative estimate of drug-likeness (QED) is 0.709. The predicted octanol–water partition coefficient (Wildman–Crippen LogP) is 0.116. The third-order valence-corrected chi connectivity index (χ3v) is 4.28. The highest BCUT2D eigenvalue weighted by atomic mass is 16.5. The molecule has 0 bridgehead atoms.